The average molecular weight is 1460 g/mol. The van der Waals surface area contributed by atoms with Crippen LogP contribution in [0.2, 0.25) is 0 Å². The first-order valence-electron chi connectivity index (χ1n) is 32.5. The number of aliphatic carboxylic acids is 4. The van der Waals surface area contributed by atoms with Gasteiger partial charge in [-0.2, -0.15) is 47.0 Å². The molecule has 0 aromatic heterocycles. The topological polar surface area (TPSA) is 303 Å². The monoisotopic (exact) mass is 1460 g/mol. The van der Waals surface area contributed by atoms with Crippen LogP contribution in [-0.4, -0.2) is 166 Å². The maximum atomic E-state index is 12.2. The molecular formula is C78H80N4O16S4. The van der Waals surface area contributed by atoms with E-state index in [4.69, 9.17) is 29.2 Å². The van der Waals surface area contributed by atoms with Crippen molar-refractivity contribution in [3.05, 3.63) is 239 Å². The predicted octanol–water partition coefficient (Wildman–Crippen LogP) is 14.1. The summed E-state index contributed by atoms with van der Waals surface area (Å²) in [5, 5.41) is 46.7. The largest absolute Gasteiger partial charge is 0.480 e. The van der Waals surface area contributed by atoms with Crippen LogP contribution >= 0.6 is 47.0 Å². The molecule has 0 saturated carbocycles. The molecule has 0 bridgehead atoms. The van der Waals surface area contributed by atoms with Gasteiger partial charge in [0.05, 0.1) is 0 Å². The van der Waals surface area contributed by atoms with Crippen molar-refractivity contribution in [2.75, 3.05) is 74.5 Å². The number of nitrogens with one attached hydrogen (secondary N) is 4. The summed E-state index contributed by atoms with van der Waals surface area (Å²) >= 11 is 5.41. The van der Waals surface area contributed by atoms with Gasteiger partial charge in [-0.15, -0.1) is 0 Å². The fraction of sp³-hybridized carbons (Fsp3) is 0.282. The first-order chi connectivity index (χ1) is 49.1. The van der Waals surface area contributed by atoms with E-state index >= 15 is 0 Å². The number of hydrogen-bond acceptors (Lipinski definition) is 16. The van der Waals surface area contributed by atoms with Gasteiger partial charge < -0.3 is 60.6 Å². The fourth-order valence-corrected chi connectivity index (χ4v) is 15.5. The van der Waals surface area contributed by atoms with Crippen LogP contribution in [0, 0.1) is 0 Å². The van der Waals surface area contributed by atoms with Gasteiger partial charge in [-0.05, 0) is 128 Å². The highest BCUT2D eigenvalue weighted by molar-refractivity contribution is 7.99. The van der Waals surface area contributed by atoms with E-state index in [1.165, 1.54) is 60.9 Å². The second-order valence-electron chi connectivity index (χ2n) is 24.7. The molecule has 4 amide bonds. The van der Waals surface area contributed by atoms with Crippen LogP contribution in [0.3, 0.4) is 0 Å². The summed E-state index contributed by atoms with van der Waals surface area (Å²) in [5.74, 6) is -3.39. The Labute approximate surface area is 608 Å². The van der Waals surface area contributed by atoms with Crippen molar-refractivity contribution in [1.29, 1.82) is 0 Å². The molecule has 12 rings (SSSR count). The maximum absolute atomic E-state index is 12.2. The zero-order chi connectivity index (χ0) is 73.1. The standard InChI is InChI=1S/2C20H21NO4S.2C19H19NO4S/c2*1-20(12-26-2,18(22)23)21-19(24)25-11-17-15-9-5-3-7-13(15)14-8-4-6-10-16(14)17;2*1-25-11-17(18(21)22)20-19(23)24-10-16-14-8-4-2-6-12(14)13-7-3-5-9-15(13)16/h2*3-10,17H,11-12H2,1-2H3,(H,21,24)(H,22,23);2*2-9,16-17H,10-11H2,1H3,(H,20,23)(H,21,22)/t2*20-;2*17-/m1010/s1. The lowest BCUT2D eigenvalue weighted by Gasteiger charge is -2.25. The summed E-state index contributed by atoms with van der Waals surface area (Å²) in [7, 11) is 0. The normalized spacial score (nSPS) is 14.3. The molecule has 4 aliphatic carbocycles. The van der Waals surface area contributed by atoms with Crippen LogP contribution < -0.4 is 21.3 Å². The lowest BCUT2D eigenvalue weighted by atomic mass is 9.98. The van der Waals surface area contributed by atoms with Gasteiger partial charge in [0.2, 0.25) is 0 Å². The van der Waals surface area contributed by atoms with Gasteiger partial charge in [-0.1, -0.05) is 194 Å². The number of carbonyl (C=O) groups is 8. The Balaban J connectivity index is 0.000000158. The smallest absolute Gasteiger partial charge is 0.408 e. The summed E-state index contributed by atoms with van der Waals surface area (Å²) in [5.41, 5.74) is 15.4. The van der Waals surface area contributed by atoms with Gasteiger partial charge >= 0.3 is 48.3 Å². The van der Waals surface area contributed by atoms with Gasteiger partial charge in [0.1, 0.15) is 49.6 Å². The minimum absolute atomic E-state index is 0.0398. The van der Waals surface area contributed by atoms with Gasteiger partial charge in [-0.3, -0.25) is 0 Å². The van der Waals surface area contributed by atoms with Crippen LogP contribution in [-0.2, 0) is 38.1 Å². The van der Waals surface area contributed by atoms with Crippen molar-refractivity contribution >= 4 is 95.3 Å². The number of ether oxygens (including phenoxy) is 4. The molecular weight excluding hydrogens is 1380 g/mol. The van der Waals surface area contributed by atoms with Gasteiger partial charge in [0.25, 0.3) is 0 Å². The molecule has 4 atom stereocenters. The molecule has 8 aromatic carbocycles. The number of carbonyl (C=O) groups excluding carboxylic acids is 4. The zero-order valence-corrected chi connectivity index (χ0v) is 60.2. The number of carboxylic acids is 4. The predicted molar refractivity (Wildman–Crippen MR) is 401 cm³/mol. The quantitative estimate of drug-likeness (QED) is 0.0261. The van der Waals surface area contributed by atoms with Crippen LogP contribution in [0.25, 0.3) is 44.5 Å². The molecule has 102 heavy (non-hydrogen) atoms. The van der Waals surface area contributed by atoms with E-state index in [1.807, 2.05) is 146 Å². The Bertz CT molecular complexity index is 3890. The molecule has 532 valence electrons. The molecule has 8 aromatic rings. The number of amides is 4. The van der Waals surface area contributed by atoms with Crippen LogP contribution in [0.15, 0.2) is 194 Å². The van der Waals surface area contributed by atoms with Crippen LogP contribution in [0.1, 0.15) is 82.0 Å². The van der Waals surface area contributed by atoms with E-state index in [1.54, 1.807) is 25.0 Å². The molecule has 0 aliphatic heterocycles. The van der Waals surface area contributed by atoms with Crippen molar-refractivity contribution in [3.63, 3.8) is 0 Å². The lowest BCUT2D eigenvalue weighted by Crippen LogP contribution is -2.54. The third-order valence-corrected chi connectivity index (χ3v) is 20.9. The molecule has 20 nitrogen and oxygen atoms in total. The fourth-order valence-electron chi connectivity index (χ4n) is 12.8. The highest BCUT2D eigenvalue weighted by Gasteiger charge is 2.39. The van der Waals surface area contributed by atoms with E-state index in [0.717, 1.165) is 89.0 Å². The number of rotatable bonds is 24. The van der Waals surface area contributed by atoms with E-state index < -0.39 is 71.4 Å². The van der Waals surface area contributed by atoms with Crippen molar-refractivity contribution in [2.24, 2.45) is 0 Å². The molecule has 0 spiro atoms. The summed E-state index contributed by atoms with van der Waals surface area (Å²) in [6.45, 7) is 3.63. The van der Waals surface area contributed by atoms with Gasteiger partial charge in [-0.25, -0.2) is 38.4 Å². The SMILES string of the molecule is CSC[C@@H](NC(=O)OCC1c2ccccc2-c2ccccc21)C(=O)O.CSC[C@@](C)(NC(=O)OCC1c2ccccc2-c2ccccc21)C(=O)O.CSC[C@H](NC(=O)OCC1c2ccccc2-c2ccccc21)C(=O)O.CSC[C@](C)(NC(=O)OCC1c2ccccc2-c2ccccc21)C(=O)O. The van der Waals surface area contributed by atoms with Crippen molar-refractivity contribution in [3.8, 4) is 44.5 Å². The second-order valence-corrected chi connectivity index (χ2v) is 28.2. The maximum Gasteiger partial charge on any atom is 0.408 e. The summed E-state index contributed by atoms with van der Waals surface area (Å²) in [6, 6.07) is 62.6. The van der Waals surface area contributed by atoms with E-state index in [0.29, 0.717) is 11.5 Å². The Hall–Kier alpha value is -9.88. The summed E-state index contributed by atoms with van der Waals surface area (Å²) < 4.78 is 21.5. The Morgan fingerprint density at radius 1 is 0.333 bits per heavy atom. The van der Waals surface area contributed by atoms with Crippen molar-refractivity contribution in [2.45, 2.75) is 60.7 Å². The highest BCUT2D eigenvalue weighted by atomic mass is 32.2. The number of fused-ring (bicyclic) bond motifs is 12. The molecule has 24 heteroatoms. The summed E-state index contributed by atoms with van der Waals surface area (Å²) in [6.07, 6.45) is 4.31. The number of thioether (sulfide) groups is 4. The van der Waals surface area contributed by atoms with Crippen LogP contribution in [0.5, 0.6) is 0 Å². The zero-order valence-electron chi connectivity index (χ0n) is 56.9. The Morgan fingerprint density at radius 3 is 0.706 bits per heavy atom. The molecule has 0 heterocycles. The molecule has 8 N–H and O–H groups in total. The van der Waals surface area contributed by atoms with Crippen LogP contribution in [0.4, 0.5) is 19.2 Å². The third kappa shape index (κ3) is 18.2. The number of alkyl carbamates (subject to hydrolysis) is 4. The average Bonchev–Trinajstić information content (AvgIpc) is 1.64. The van der Waals surface area contributed by atoms with E-state index in [9.17, 15) is 48.6 Å². The lowest BCUT2D eigenvalue weighted by molar-refractivity contribution is -0.143. The van der Waals surface area contributed by atoms with Crippen molar-refractivity contribution in [1.82, 2.24) is 21.3 Å². The summed E-state index contributed by atoms with van der Waals surface area (Å²) in [4.78, 5) is 93.6. The molecule has 4 aliphatic rings. The Kier molecular flexibility index (Phi) is 26.7. The minimum atomic E-state index is -1.36. The minimum Gasteiger partial charge on any atom is -0.480 e. The first-order valence-corrected chi connectivity index (χ1v) is 38.1. The first kappa shape index (κ1) is 76.3. The number of carboxylic acid groups (broad SMARTS) is 4. The van der Waals surface area contributed by atoms with E-state index in [2.05, 4.69) is 69.8 Å². The van der Waals surface area contributed by atoms with E-state index in [-0.39, 0.29) is 61.6 Å². The van der Waals surface area contributed by atoms with Gasteiger partial charge in [0, 0.05) is 46.7 Å². The second kappa shape index (κ2) is 35.6. The molecule has 0 fully saturated rings. The highest BCUT2D eigenvalue weighted by Crippen LogP contribution is 2.48. The molecule has 0 saturated heterocycles. The molecule has 0 radical (unpaired) electrons. The number of hydrogen-bond donors (Lipinski definition) is 8. The Morgan fingerprint density at radius 2 is 0.529 bits per heavy atom. The third-order valence-electron chi connectivity index (χ3n) is 17.8. The molecule has 0 unspecified atom stereocenters. The number of benzene rings is 8. The van der Waals surface area contributed by atoms with Crippen molar-refractivity contribution < 1.29 is 77.7 Å². The van der Waals surface area contributed by atoms with Gasteiger partial charge in [0.15, 0.2) is 0 Å².